The van der Waals surface area contributed by atoms with Crippen LogP contribution in [-0.4, -0.2) is 31.3 Å². The summed E-state index contributed by atoms with van der Waals surface area (Å²) in [6.45, 7) is 0. The Hall–Kier alpha value is -1.55. The normalized spacial score (nSPS) is 29.0. The summed E-state index contributed by atoms with van der Waals surface area (Å²) in [6.07, 6.45) is 4.37. The van der Waals surface area contributed by atoms with Gasteiger partial charge in [-0.1, -0.05) is 0 Å². The molecule has 4 nitrogen and oxygen atoms in total. The zero-order valence-electron chi connectivity index (χ0n) is 11.1. The van der Waals surface area contributed by atoms with E-state index in [1.54, 1.807) is 31.4 Å². The Bertz CT molecular complexity index is 445. The highest BCUT2D eigenvalue weighted by atomic mass is 16.5. The second-order valence-corrected chi connectivity index (χ2v) is 5.37. The Labute approximate surface area is 113 Å². The van der Waals surface area contributed by atoms with Gasteiger partial charge in [0.15, 0.2) is 0 Å². The molecule has 0 spiro atoms. The van der Waals surface area contributed by atoms with Gasteiger partial charge in [0.25, 0.3) is 0 Å². The number of carbonyl (C=O) groups excluding carboxylic acids is 1. The maximum Gasteiger partial charge on any atom is 0.338 e. The minimum absolute atomic E-state index is 0.0633. The van der Waals surface area contributed by atoms with Crippen molar-refractivity contribution >= 4 is 5.97 Å². The van der Waals surface area contributed by atoms with E-state index in [-0.39, 0.29) is 12.1 Å². The molecule has 1 aromatic rings. The number of rotatable bonds is 3. The molecule has 3 rings (SSSR count). The number of nitrogens with one attached hydrogen (secondary N) is 1. The lowest BCUT2D eigenvalue weighted by molar-refractivity contribution is 0.0177. The van der Waals surface area contributed by atoms with E-state index in [0.29, 0.717) is 17.6 Å². The fourth-order valence-corrected chi connectivity index (χ4v) is 3.05. The molecule has 1 N–H and O–H groups in total. The van der Waals surface area contributed by atoms with Crippen molar-refractivity contribution in [3.63, 3.8) is 0 Å². The molecule has 2 fully saturated rings. The molecule has 2 saturated heterocycles. The van der Waals surface area contributed by atoms with E-state index >= 15 is 0 Å². The van der Waals surface area contributed by atoms with Crippen LogP contribution in [0.3, 0.4) is 0 Å². The second-order valence-electron chi connectivity index (χ2n) is 5.37. The predicted octanol–water partition coefficient (Wildman–Crippen LogP) is 2.13. The third-order valence-corrected chi connectivity index (χ3v) is 4.03. The van der Waals surface area contributed by atoms with Gasteiger partial charge in [0.1, 0.15) is 11.9 Å². The van der Waals surface area contributed by atoms with Crippen molar-refractivity contribution in [3.05, 3.63) is 29.8 Å². The summed E-state index contributed by atoms with van der Waals surface area (Å²) in [7, 11) is 1.61. The molecule has 2 heterocycles. The third kappa shape index (κ3) is 2.73. The van der Waals surface area contributed by atoms with Crippen LogP contribution in [-0.2, 0) is 4.74 Å². The van der Waals surface area contributed by atoms with Gasteiger partial charge in [0, 0.05) is 12.1 Å². The molecule has 19 heavy (non-hydrogen) atoms. The highest BCUT2D eigenvalue weighted by Gasteiger charge is 2.35. The maximum atomic E-state index is 12.1. The lowest BCUT2D eigenvalue weighted by Gasteiger charge is -2.28. The van der Waals surface area contributed by atoms with Gasteiger partial charge >= 0.3 is 5.97 Å². The summed E-state index contributed by atoms with van der Waals surface area (Å²) in [4.78, 5) is 12.1. The smallest absolute Gasteiger partial charge is 0.338 e. The van der Waals surface area contributed by atoms with Crippen molar-refractivity contribution in [2.24, 2.45) is 0 Å². The minimum Gasteiger partial charge on any atom is -0.497 e. The van der Waals surface area contributed by atoms with Gasteiger partial charge in [-0.15, -0.1) is 0 Å². The molecule has 2 aliphatic heterocycles. The van der Waals surface area contributed by atoms with Crippen LogP contribution in [0.15, 0.2) is 24.3 Å². The molecule has 4 heteroatoms. The van der Waals surface area contributed by atoms with E-state index < -0.39 is 0 Å². The van der Waals surface area contributed by atoms with Crippen molar-refractivity contribution in [3.8, 4) is 5.75 Å². The van der Waals surface area contributed by atoms with Crippen LogP contribution >= 0.6 is 0 Å². The van der Waals surface area contributed by atoms with Gasteiger partial charge in [-0.2, -0.15) is 0 Å². The van der Waals surface area contributed by atoms with E-state index in [2.05, 4.69) is 5.32 Å². The first kappa shape index (κ1) is 12.5. The zero-order valence-corrected chi connectivity index (χ0v) is 11.1. The average molecular weight is 261 g/mol. The number of methoxy groups -OCH3 is 1. The summed E-state index contributed by atoms with van der Waals surface area (Å²) >= 11 is 0. The monoisotopic (exact) mass is 261 g/mol. The number of ether oxygens (including phenoxy) is 2. The van der Waals surface area contributed by atoms with Gasteiger partial charge in [-0.3, -0.25) is 0 Å². The lowest BCUT2D eigenvalue weighted by atomic mass is 10.0. The van der Waals surface area contributed by atoms with Crippen molar-refractivity contribution in [1.29, 1.82) is 0 Å². The van der Waals surface area contributed by atoms with E-state index in [1.165, 1.54) is 12.8 Å². The molecule has 2 aliphatic rings. The molecule has 102 valence electrons. The van der Waals surface area contributed by atoms with Crippen LogP contribution in [0.5, 0.6) is 5.75 Å². The molecule has 3 atom stereocenters. The molecule has 0 aromatic heterocycles. The standard InChI is InChI=1S/C15H19NO3/c1-18-13-6-2-10(3-7-13)15(17)19-14-8-11-4-5-12(9-14)16-11/h2-3,6-7,11-12,14,16H,4-5,8-9H2,1H3/t11-,12+,14?. The fraction of sp³-hybridized carbons (Fsp3) is 0.533. The van der Waals surface area contributed by atoms with Crippen LogP contribution in [0.25, 0.3) is 0 Å². The Balaban J connectivity index is 1.61. The van der Waals surface area contributed by atoms with Crippen LogP contribution in [0.2, 0.25) is 0 Å². The van der Waals surface area contributed by atoms with Crippen molar-refractivity contribution < 1.29 is 14.3 Å². The largest absolute Gasteiger partial charge is 0.497 e. The molecule has 0 radical (unpaired) electrons. The number of fused-ring (bicyclic) bond motifs is 2. The first-order valence-electron chi connectivity index (χ1n) is 6.85. The molecule has 0 amide bonds. The van der Waals surface area contributed by atoms with Crippen LogP contribution in [0.1, 0.15) is 36.0 Å². The highest BCUT2D eigenvalue weighted by Crippen LogP contribution is 2.29. The molecule has 1 aromatic carbocycles. The van der Waals surface area contributed by atoms with Gasteiger partial charge < -0.3 is 14.8 Å². The minimum atomic E-state index is -0.228. The number of benzene rings is 1. The quantitative estimate of drug-likeness (QED) is 0.847. The van der Waals surface area contributed by atoms with E-state index in [9.17, 15) is 4.79 Å². The third-order valence-electron chi connectivity index (χ3n) is 4.03. The summed E-state index contributed by atoms with van der Waals surface area (Å²) in [5.74, 6) is 0.519. The first-order chi connectivity index (χ1) is 9.24. The Morgan fingerprint density at radius 3 is 2.37 bits per heavy atom. The molecule has 2 bridgehead atoms. The molecular formula is C15H19NO3. The van der Waals surface area contributed by atoms with Crippen LogP contribution in [0, 0.1) is 0 Å². The average Bonchev–Trinajstić information content (AvgIpc) is 2.78. The number of carbonyl (C=O) groups is 1. The number of piperidine rings is 1. The Morgan fingerprint density at radius 2 is 1.79 bits per heavy atom. The summed E-state index contributed by atoms with van der Waals surface area (Å²) in [5, 5.41) is 3.54. The summed E-state index contributed by atoms with van der Waals surface area (Å²) in [6, 6.07) is 8.12. The number of esters is 1. The van der Waals surface area contributed by atoms with Crippen molar-refractivity contribution in [2.75, 3.05) is 7.11 Å². The zero-order chi connectivity index (χ0) is 13.2. The van der Waals surface area contributed by atoms with Gasteiger partial charge in [-0.05, 0) is 49.9 Å². The first-order valence-corrected chi connectivity index (χ1v) is 6.85. The van der Waals surface area contributed by atoms with E-state index in [0.717, 1.165) is 18.6 Å². The molecule has 0 saturated carbocycles. The van der Waals surface area contributed by atoms with Gasteiger partial charge in [0.2, 0.25) is 0 Å². The topological polar surface area (TPSA) is 47.6 Å². The second kappa shape index (κ2) is 5.21. The summed E-state index contributed by atoms with van der Waals surface area (Å²) in [5.41, 5.74) is 0.590. The molecule has 1 unspecified atom stereocenters. The predicted molar refractivity (Wildman–Crippen MR) is 71.4 cm³/mol. The summed E-state index contributed by atoms with van der Waals surface area (Å²) < 4.78 is 10.7. The van der Waals surface area contributed by atoms with Crippen LogP contribution in [0.4, 0.5) is 0 Å². The van der Waals surface area contributed by atoms with E-state index in [4.69, 9.17) is 9.47 Å². The number of hydrogen-bond donors (Lipinski definition) is 1. The fourth-order valence-electron chi connectivity index (χ4n) is 3.05. The van der Waals surface area contributed by atoms with E-state index in [1.807, 2.05) is 0 Å². The van der Waals surface area contributed by atoms with Gasteiger partial charge in [-0.25, -0.2) is 4.79 Å². The molecule has 0 aliphatic carbocycles. The molecular weight excluding hydrogens is 242 g/mol. The van der Waals surface area contributed by atoms with Crippen molar-refractivity contribution in [1.82, 2.24) is 5.32 Å². The SMILES string of the molecule is COc1ccc(C(=O)OC2C[C@H]3CC[C@@H](C2)N3)cc1. The maximum absolute atomic E-state index is 12.1. The Kier molecular flexibility index (Phi) is 3.42. The lowest BCUT2D eigenvalue weighted by Crippen LogP contribution is -2.42. The number of hydrogen-bond acceptors (Lipinski definition) is 4. The highest BCUT2D eigenvalue weighted by molar-refractivity contribution is 5.89. The van der Waals surface area contributed by atoms with Crippen LogP contribution < -0.4 is 10.1 Å². The Morgan fingerprint density at radius 1 is 1.16 bits per heavy atom. The van der Waals surface area contributed by atoms with Crippen molar-refractivity contribution in [2.45, 2.75) is 43.9 Å². The van der Waals surface area contributed by atoms with Gasteiger partial charge in [0.05, 0.1) is 12.7 Å².